The molecule has 4 nitrogen and oxygen atoms in total. The Bertz CT molecular complexity index is 747. The number of fused-ring (bicyclic) bond motifs is 1. The van der Waals surface area contributed by atoms with Gasteiger partial charge >= 0.3 is 0 Å². The second-order valence-electron chi connectivity index (χ2n) is 5.70. The second kappa shape index (κ2) is 6.69. The van der Waals surface area contributed by atoms with E-state index in [2.05, 4.69) is 0 Å². The molecule has 1 aliphatic rings. The summed E-state index contributed by atoms with van der Waals surface area (Å²) in [6.45, 7) is 1.82. The minimum atomic E-state index is -0.796. The first kappa shape index (κ1) is 16.6. The van der Waals surface area contributed by atoms with E-state index in [4.69, 9.17) is 21.1 Å². The summed E-state index contributed by atoms with van der Waals surface area (Å²) in [5.74, 6) is 0.387. The van der Waals surface area contributed by atoms with Crippen LogP contribution in [0.4, 0.5) is 4.39 Å². The normalized spacial score (nSPS) is 19.0. The van der Waals surface area contributed by atoms with E-state index < -0.39 is 18.0 Å². The fourth-order valence-electron chi connectivity index (χ4n) is 2.61. The average molecular weight is 350 g/mol. The average Bonchev–Trinajstić information content (AvgIpc) is 2.57. The van der Waals surface area contributed by atoms with Gasteiger partial charge in [0.25, 0.3) is 5.91 Å². The van der Waals surface area contributed by atoms with Crippen LogP contribution >= 0.6 is 11.6 Å². The number of benzene rings is 2. The summed E-state index contributed by atoms with van der Waals surface area (Å²) in [5.41, 5.74) is 0.278. The molecule has 0 radical (unpaired) electrons. The van der Waals surface area contributed by atoms with Crippen LogP contribution in [0.1, 0.15) is 12.5 Å². The lowest BCUT2D eigenvalue weighted by Crippen LogP contribution is -2.49. The van der Waals surface area contributed by atoms with Crippen LogP contribution in [0.5, 0.6) is 11.5 Å². The second-order valence-corrected chi connectivity index (χ2v) is 6.11. The summed E-state index contributed by atoms with van der Waals surface area (Å²) in [6, 6.07) is 11.6. The number of amides is 1. The summed E-state index contributed by atoms with van der Waals surface area (Å²) >= 11 is 6.03. The van der Waals surface area contributed by atoms with E-state index in [1.807, 2.05) is 12.1 Å². The number of nitrogens with zero attached hydrogens (tertiary/aromatic N) is 1. The predicted octanol–water partition coefficient (Wildman–Crippen LogP) is 3.67. The molecule has 2 unspecified atom stereocenters. The monoisotopic (exact) mass is 349 g/mol. The van der Waals surface area contributed by atoms with Crippen LogP contribution in [0.3, 0.4) is 0 Å². The topological polar surface area (TPSA) is 38.8 Å². The van der Waals surface area contributed by atoms with E-state index in [-0.39, 0.29) is 23.0 Å². The van der Waals surface area contributed by atoms with Crippen LogP contribution in [0.15, 0.2) is 42.5 Å². The summed E-state index contributed by atoms with van der Waals surface area (Å²) in [7, 11) is 1.59. The zero-order chi connectivity index (χ0) is 17.3. The van der Waals surface area contributed by atoms with Crippen LogP contribution < -0.4 is 9.47 Å². The quantitative estimate of drug-likeness (QED) is 0.848. The Balaban J connectivity index is 1.76. The molecule has 24 heavy (non-hydrogen) atoms. The number of halogens is 2. The Kier molecular flexibility index (Phi) is 4.62. The van der Waals surface area contributed by atoms with Crippen molar-refractivity contribution in [3.05, 3.63) is 58.9 Å². The van der Waals surface area contributed by atoms with Gasteiger partial charge < -0.3 is 14.4 Å². The van der Waals surface area contributed by atoms with Gasteiger partial charge in [-0.2, -0.15) is 0 Å². The largest absolute Gasteiger partial charge is 0.482 e. The maximum absolute atomic E-state index is 13.9. The lowest BCUT2D eigenvalue weighted by molar-refractivity contribution is -0.143. The first-order valence-electron chi connectivity index (χ1n) is 7.57. The molecule has 0 N–H and O–H groups in total. The van der Waals surface area contributed by atoms with Crippen molar-refractivity contribution >= 4 is 17.5 Å². The molecule has 1 heterocycles. The highest BCUT2D eigenvalue weighted by molar-refractivity contribution is 6.31. The van der Waals surface area contributed by atoms with Crippen molar-refractivity contribution in [2.45, 2.75) is 25.7 Å². The maximum atomic E-state index is 13.9. The predicted molar refractivity (Wildman–Crippen MR) is 88.8 cm³/mol. The Morgan fingerprint density at radius 3 is 2.50 bits per heavy atom. The molecule has 0 saturated heterocycles. The smallest absolute Gasteiger partial charge is 0.267 e. The van der Waals surface area contributed by atoms with Gasteiger partial charge in [0.15, 0.2) is 11.5 Å². The summed E-state index contributed by atoms with van der Waals surface area (Å²) in [4.78, 5) is 14.1. The summed E-state index contributed by atoms with van der Waals surface area (Å²) in [6.07, 6.45) is -1.25. The van der Waals surface area contributed by atoms with Crippen molar-refractivity contribution in [3.8, 4) is 11.5 Å². The molecule has 0 aliphatic carbocycles. The highest BCUT2D eigenvalue weighted by atomic mass is 35.5. The number of carbonyl (C=O) groups excluding carboxylic acids is 1. The SMILES string of the molecule is CC1Oc2ccccc2OC1C(=O)N(C)Cc1c(F)cccc1Cl. The molecule has 0 saturated carbocycles. The zero-order valence-corrected chi connectivity index (χ0v) is 14.1. The first-order chi connectivity index (χ1) is 11.5. The van der Waals surface area contributed by atoms with Crippen molar-refractivity contribution in [2.24, 2.45) is 0 Å². The molecule has 2 atom stereocenters. The van der Waals surface area contributed by atoms with Gasteiger partial charge in [-0.25, -0.2) is 4.39 Å². The lowest BCUT2D eigenvalue weighted by Gasteiger charge is -2.33. The molecule has 0 aromatic heterocycles. The number of rotatable bonds is 3. The third kappa shape index (κ3) is 3.17. The van der Waals surface area contributed by atoms with Crippen LogP contribution in [-0.2, 0) is 11.3 Å². The first-order valence-corrected chi connectivity index (χ1v) is 7.95. The van der Waals surface area contributed by atoms with Crippen molar-refractivity contribution in [2.75, 3.05) is 7.05 Å². The highest BCUT2D eigenvalue weighted by Crippen LogP contribution is 2.34. The lowest BCUT2D eigenvalue weighted by atomic mass is 10.1. The Morgan fingerprint density at radius 1 is 1.17 bits per heavy atom. The number of likely N-dealkylation sites (N-methyl/N-ethyl adjacent to an activating group) is 1. The molecule has 1 aliphatic heterocycles. The van der Waals surface area contributed by atoms with Gasteiger partial charge in [-0.15, -0.1) is 0 Å². The number of ether oxygens (including phenoxy) is 2. The summed E-state index contributed by atoms with van der Waals surface area (Å²) in [5, 5.41) is 0.286. The van der Waals surface area contributed by atoms with Crippen LogP contribution in [-0.4, -0.2) is 30.1 Å². The molecule has 2 aromatic rings. The molecule has 2 aromatic carbocycles. The van der Waals surface area contributed by atoms with Crippen LogP contribution in [0.2, 0.25) is 5.02 Å². The third-order valence-corrected chi connectivity index (χ3v) is 4.27. The third-order valence-electron chi connectivity index (χ3n) is 3.92. The molecule has 0 fully saturated rings. The molecule has 1 amide bonds. The maximum Gasteiger partial charge on any atom is 0.267 e. The molecule has 0 spiro atoms. The molecule has 126 valence electrons. The van der Waals surface area contributed by atoms with E-state index in [1.165, 1.54) is 17.0 Å². The minimum absolute atomic E-state index is 0.0541. The molecular formula is C18H17ClFNO3. The Hall–Kier alpha value is -2.27. The minimum Gasteiger partial charge on any atom is -0.482 e. The number of para-hydroxylation sites is 2. The van der Waals surface area contributed by atoms with Gasteiger partial charge in [-0.1, -0.05) is 29.8 Å². The van der Waals surface area contributed by atoms with Gasteiger partial charge in [0.2, 0.25) is 6.10 Å². The Labute approximate surface area is 144 Å². The van der Waals surface area contributed by atoms with Crippen molar-refractivity contribution in [1.29, 1.82) is 0 Å². The van der Waals surface area contributed by atoms with Crippen molar-refractivity contribution < 1.29 is 18.7 Å². The van der Waals surface area contributed by atoms with E-state index in [1.54, 1.807) is 32.2 Å². The molecular weight excluding hydrogens is 333 g/mol. The van der Waals surface area contributed by atoms with E-state index in [9.17, 15) is 9.18 Å². The zero-order valence-electron chi connectivity index (χ0n) is 13.3. The Morgan fingerprint density at radius 2 is 1.83 bits per heavy atom. The fraction of sp³-hybridized carbons (Fsp3) is 0.278. The number of hydrogen-bond donors (Lipinski definition) is 0. The molecule has 3 rings (SSSR count). The van der Waals surface area contributed by atoms with Crippen LogP contribution in [0.25, 0.3) is 0 Å². The van der Waals surface area contributed by atoms with E-state index >= 15 is 0 Å². The van der Waals surface area contributed by atoms with Gasteiger partial charge in [-0.05, 0) is 31.2 Å². The van der Waals surface area contributed by atoms with Gasteiger partial charge in [0, 0.05) is 24.2 Å². The fourth-order valence-corrected chi connectivity index (χ4v) is 2.83. The van der Waals surface area contributed by atoms with Crippen molar-refractivity contribution in [1.82, 2.24) is 4.90 Å². The van der Waals surface area contributed by atoms with Gasteiger partial charge in [0.1, 0.15) is 11.9 Å². The number of carbonyl (C=O) groups is 1. The highest BCUT2D eigenvalue weighted by Gasteiger charge is 2.36. The van der Waals surface area contributed by atoms with Crippen LogP contribution in [0, 0.1) is 5.82 Å². The number of hydrogen-bond acceptors (Lipinski definition) is 3. The molecule has 0 bridgehead atoms. The standard InChI is InChI=1S/C18H17ClFNO3/c1-11-17(24-16-9-4-3-8-15(16)23-11)18(22)21(2)10-12-13(19)6-5-7-14(12)20/h3-9,11,17H,10H2,1-2H3. The van der Waals surface area contributed by atoms with E-state index in [0.29, 0.717) is 11.5 Å². The van der Waals surface area contributed by atoms with Crippen molar-refractivity contribution in [3.63, 3.8) is 0 Å². The summed E-state index contributed by atoms with van der Waals surface area (Å²) < 4.78 is 25.4. The van der Waals surface area contributed by atoms with Gasteiger partial charge in [0.05, 0.1) is 0 Å². The van der Waals surface area contributed by atoms with E-state index in [0.717, 1.165) is 0 Å². The van der Waals surface area contributed by atoms with Gasteiger partial charge in [-0.3, -0.25) is 4.79 Å². The molecule has 6 heteroatoms.